The first-order valence-corrected chi connectivity index (χ1v) is 10.6. The van der Waals surface area contributed by atoms with Gasteiger partial charge in [-0.3, -0.25) is 0 Å². The summed E-state index contributed by atoms with van der Waals surface area (Å²) < 4.78 is 0. The van der Waals surface area contributed by atoms with Crippen LogP contribution in [-0.4, -0.2) is 38.9 Å². The van der Waals surface area contributed by atoms with Gasteiger partial charge in [-0.1, -0.05) is 54.4 Å². The van der Waals surface area contributed by atoms with E-state index >= 15 is 0 Å². The number of hydrogen-bond donors (Lipinski definition) is 1. The van der Waals surface area contributed by atoms with Crippen LogP contribution in [0.2, 0.25) is 5.02 Å². The summed E-state index contributed by atoms with van der Waals surface area (Å²) >= 11 is 5.64. The number of piperidine rings is 1. The molecule has 2 aliphatic rings. The number of hydrogen-bond acceptors (Lipinski definition) is 3. The molecular formula is C25H33ClN2O. The van der Waals surface area contributed by atoms with Crippen LogP contribution in [0.25, 0.3) is 5.57 Å². The van der Waals surface area contributed by atoms with Crippen LogP contribution in [0.1, 0.15) is 31.7 Å². The van der Waals surface area contributed by atoms with Gasteiger partial charge in [0.15, 0.2) is 0 Å². The third-order valence-electron chi connectivity index (χ3n) is 5.90. The van der Waals surface area contributed by atoms with Crippen molar-refractivity contribution < 1.29 is 4.79 Å². The van der Waals surface area contributed by atoms with Gasteiger partial charge in [0.05, 0.1) is 0 Å². The number of carbonyl (C=O) groups excluding carboxylic acids is 1. The Morgan fingerprint density at radius 1 is 1.03 bits per heavy atom. The lowest BCUT2D eigenvalue weighted by molar-refractivity contribution is -0.0979. The van der Waals surface area contributed by atoms with Crippen LogP contribution >= 0.6 is 11.6 Å². The normalized spacial score (nSPS) is 21.1. The molecule has 1 N–H and O–H groups in total. The van der Waals surface area contributed by atoms with E-state index in [0.29, 0.717) is 0 Å². The molecule has 1 aliphatic carbocycles. The lowest BCUT2D eigenvalue weighted by Gasteiger charge is -2.41. The smallest absolute Gasteiger partial charge is 0.106 e. The van der Waals surface area contributed by atoms with Crippen LogP contribution in [0.5, 0.6) is 0 Å². The van der Waals surface area contributed by atoms with Gasteiger partial charge in [0.1, 0.15) is 6.79 Å². The Morgan fingerprint density at radius 3 is 2.31 bits per heavy atom. The molecule has 0 bridgehead atoms. The maximum absolute atomic E-state index is 8.00. The summed E-state index contributed by atoms with van der Waals surface area (Å²) in [5.41, 5.74) is 5.97. The van der Waals surface area contributed by atoms with Gasteiger partial charge in [-0.15, -0.1) is 0 Å². The Bertz CT molecular complexity index is 773. The SMILES string of the molecule is C=O.CC1CCC(c2ccccc2)=C2CCN(C)CC21.CNc1ccc(Cl)cc1. The number of anilines is 1. The summed E-state index contributed by atoms with van der Waals surface area (Å²) in [7, 11) is 4.14. The average Bonchev–Trinajstić information content (AvgIpc) is 2.77. The summed E-state index contributed by atoms with van der Waals surface area (Å²) in [6, 6.07) is 18.6. The van der Waals surface area contributed by atoms with E-state index in [2.05, 4.69) is 54.5 Å². The van der Waals surface area contributed by atoms with E-state index in [4.69, 9.17) is 16.4 Å². The number of nitrogens with zero attached hydrogens (tertiary/aromatic N) is 1. The molecular weight excluding hydrogens is 380 g/mol. The minimum Gasteiger partial charge on any atom is -0.388 e. The minimum atomic E-state index is 0.772. The van der Waals surface area contributed by atoms with Gasteiger partial charge < -0.3 is 15.0 Å². The van der Waals surface area contributed by atoms with Crippen molar-refractivity contribution in [1.82, 2.24) is 4.90 Å². The fourth-order valence-electron chi connectivity index (χ4n) is 4.25. The molecule has 4 rings (SSSR count). The van der Waals surface area contributed by atoms with Gasteiger partial charge in [-0.05, 0) is 73.5 Å². The van der Waals surface area contributed by atoms with Gasteiger partial charge in [0.2, 0.25) is 0 Å². The average molecular weight is 413 g/mol. The first-order chi connectivity index (χ1) is 14.1. The van der Waals surface area contributed by atoms with Crippen molar-refractivity contribution in [2.75, 3.05) is 32.5 Å². The zero-order valence-electron chi connectivity index (χ0n) is 17.8. The second kappa shape index (κ2) is 11.8. The van der Waals surface area contributed by atoms with Crippen LogP contribution in [0.3, 0.4) is 0 Å². The largest absolute Gasteiger partial charge is 0.388 e. The number of carbonyl (C=O) groups is 1. The lowest BCUT2D eigenvalue weighted by atomic mass is 9.71. The third kappa shape index (κ3) is 6.45. The summed E-state index contributed by atoms with van der Waals surface area (Å²) in [6.07, 6.45) is 3.91. The second-order valence-corrected chi connectivity index (χ2v) is 8.20. The van der Waals surface area contributed by atoms with Crippen molar-refractivity contribution in [2.45, 2.75) is 26.2 Å². The van der Waals surface area contributed by atoms with E-state index < -0.39 is 0 Å². The highest BCUT2D eigenvalue weighted by molar-refractivity contribution is 6.30. The van der Waals surface area contributed by atoms with Gasteiger partial charge in [0, 0.05) is 30.8 Å². The van der Waals surface area contributed by atoms with Crippen molar-refractivity contribution in [3.63, 3.8) is 0 Å². The van der Waals surface area contributed by atoms with Crippen molar-refractivity contribution in [1.29, 1.82) is 0 Å². The maximum atomic E-state index is 8.00. The van der Waals surface area contributed by atoms with Crippen LogP contribution in [0, 0.1) is 11.8 Å². The van der Waals surface area contributed by atoms with Crippen LogP contribution in [0.4, 0.5) is 5.69 Å². The van der Waals surface area contributed by atoms with Crippen molar-refractivity contribution >= 4 is 29.7 Å². The fraction of sp³-hybridized carbons (Fsp3) is 0.400. The molecule has 2 atom stereocenters. The molecule has 1 heterocycles. The molecule has 29 heavy (non-hydrogen) atoms. The molecule has 156 valence electrons. The molecule has 3 nitrogen and oxygen atoms in total. The minimum absolute atomic E-state index is 0.772. The summed E-state index contributed by atoms with van der Waals surface area (Å²) in [4.78, 5) is 10.5. The number of likely N-dealkylation sites (tertiary alicyclic amines) is 1. The Hall–Kier alpha value is -2.10. The Labute approximate surface area is 180 Å². The summed E-state index contributed by atoms with van der Waals surface area (Å²) in [5, 5.41) is 3.77. The van der Waals surface area contributed by atoms with Crippen molar-refractivity contribution in [3.05, 3.63) is 70.8 Å². The van der Waals surface area contributed by atoms with E-state index in [1.807, 2.05) is 38.1 Å². The summed E-state index contributed by atoms with van der Waals surface area (Å²) in [5.74, 6) is 1.66. The Morgan fingerprint density at radius 2 is 1.69 bits per heavy atom. The number of nitrogens with one attached hydrogen (secondary N) is 1. The number of rotatable bonds is 2. The molecule has 4 heteroatoms. The highest BCUT2D eigenvalue weighted by Gasteiger charge is 2.32. The molecule has 0 aromatic heterocycles. The van der Waals surface area contributed by atoms with Gasteiger partial charge >= 0.3 is 0 Å². The van der Waals surface area contributed by atoms with Gasteiger partial charge in [0.25, 0.3) is 0 Å². The van der Waals surface area contributed by atoms with Gasteiger partial charge in [-0.2, -0.15) is 0 Å². The van der Waals surface area contributed by atoms with Crippen LogP contribution in [0.15, 0.2) is 60.2 Å². The molecule has 0 amide bonds. The highest BCUT2D eigenvalue weighted by Crippen LogP contribution is 2.42. The van der Waals surface area contributed by atoms with Crippen LogP contribution < -0.4 is 5.32 Å². The van der Waals surface area contributed by atoms with Crippen LogP contribution in [-0.2, 0) is 4.79 Å². The molecule has 1 fully saturated rings. The molecule has 2 aromatic rings. The number of benzene rings is 2. The molecule has 1 aliphatic heterocycles. The zero-order chi connectivity index (χ0) is 21.2. The number of halogens is 1. The Kier molecular flexibility index (Phi) is 9.43. The fourth-order valence-corrected chi connectivity index (χ4v) is 4.38. The molecule has 0 spiro atoms. The van der Waals surface area contributed by atoms with E-state index in [1.165, 1.54) is 37.9 Å². The van der Waals surface area contributed by atoms with Gasteiger partial charge in [-0.25, -0.2) is 0 Å². The number of fused-ring (bicyclic) bond motifs is 1. The van der Waals surface area contributed by atoms with E-state index in [9.17, 15) is 0 Å². The monoisotopic (exact) mass is 412 g/mol. The second-order valence-electron chi connectivity index (χ2n) is 7.76. The van der Waals surface area contributed by atoms with E-state index in [1.54, 1.807) is 11.1 Å². The predicted octanol–water partition coefficient (Wildman–Crippen LogP) is 6.02. The maximum Gasteiger partial charge on any atom is 0.106 e. The first kappa shape index (κ1) is 23.2. The topological polar surface area (TPSA) is 32.3 Å². The first-order valence-electron chi connectivity index (χ1n) is 10.3. The third-order valence-corrected chi connectivity index (χ3v) is 6.15. The Balaban J connectivity index is 0.000000231. The van der Waals surface area contributed by atoms with Crippen molar-refractivity contribution in [2.24, 2.45) is 11.8 Å². The molecule has 1 saturated heterocycles. The quantitative estimate of drug-likeness (QED) is 0.654. The zero-order valence-corrected chi connectivity index (χ0v) is 18.6. The highest BCUT2D eigenvalue weighted by atomic mass is 35.5. The molecule has 2 unspecified atom stereocenters. The molecule has 0 saturated carbocycles. The van der Waals surface area contributed by atoms with E-state index in [-0.39, 0.29) is 0 Å². The molecule has 2 aromatic carbocycles. The predicted molar refractivity (Wildman–Crippen MR) is 125 cm³/mol. The standard InChI is InChI=1S/C17H23N.C7H8ClN.CH2O/c1-13-8-9-15(14-6-4-3-5-7-14)16-10-11-18(2)12-17(13)16;1-9-7-4-2-6(8)3-5-7;1-2/h3-7,13,17H,8-12H2,1-2H3;2-5,9H,1H3;1H2. The lowest BCUT2D eigenvalue weighted by Crippen LogP contribution is -2.38. The van der Waals surface area contributed by atoms with Crippen molar-refractivity contribution in [3.8, 4) is 0 Å². The molecule has 0 radical (unpaired) electrons. The number of allylic oxidation sites excluding steroid dienone is 1. The van der Waals surface area contributed by atoms with E-state index in [0.717, 1.165) is 22.5 Å². The summed E-state index contributed by atoms with van der Waals surface area (Å²) in [6.45, 7) is 6.92.